The van der Waals surface area contributed by atoms with Gasteiger partial charge in [-0.05, 0) is 37.5 Å². The molecule has 0 aromatic rings. The lowest BCUT2D eigenvalue weighted by atomic mass is 9.86. The van der Waals surface area contributed by atoms with Crippen molar-refractivity contribution in [1.82, 2.24) is 0 Å². The van der Waals surface area contributed by atoms with E-state index >= 15 is 0 Å². The molecule has 0 spiro atoms. The minimum atomic E-state index is -0.000388. The first-order valence-corrected chi connectivity index (χ1v) is 18.3. The summed E-state index contributed by atoms with van der Waals surface area (Å²) in [6.45, 7) is 10.3. The van der Waals surface area contributed by atoms with Gasteiger partial charge in [0.1, 0.15) is 0 Å². The van der Waals surface area contributed by atoms with Gasteiger partial charge in [-0.25, -0.2) is 0 Å². The van der Waals surface area contributed by atoms with Crippen LogP contribution in [0.1, 0.15) is 201 Å². The molecule has 0 fully saturated rings. The van der Waals surface area contributed by atoms with E-state index in [0.29, 0.717) is 37.9 Å². The first kappa shape index (κ1) is 39.9. The van der Waals surface area contributed by atoms with E-state index in [1.165, 1.54) is 128 Å². The van der Waals surface area contributed by atoms with Crippen molar-refractivity contribution in [1.29, 1.82) is 0 Å². The van der Waals surface area contributed by atoms with E-state index in [2.05, 4.69) is 27.7 Å². The van der Waals surface area contributed by atoms with Gasteiger partial charge in [0.25, 0.3) is 0 Å². The van der Waals surface area contributed by atoms with Crippen molar-refractivity contribution in [3.05, 3.63) is 0 Å². The summed E-state index contributed by atoms with van der Waals surface area (Å²) in [6, 6.07) is 0. The summed E-state index contributed by atoms with van der Waals surface area (Å²) in [6.07, 6.45) is 32.1. The van der Waals surface area contributed by atoms with Gasteiger partial charge in [0, 0.05) is 12.8 Å². The molecule has 0 aliphatic carbocycles. The van der Waals surface area contributed by atoms with Crippen LogP contribution in [-0.2, 0) is 19.1 Å². The van der Waals surface area contributed by atoms with Crippen molar-refractivity contribution in [2.45, 2.75) is 201 Å². The van der Waals surface area contributed by atoms with Gasteiger partial charge in [-0.1, -0.05) is 163 Å². The Morgan fingerprint density at radius 2 is 0.805 bits per heavy atom. The Bertz CT molecular complexity index is 559. The molecule has 0 heterocycles. The van der Waals surface area contributed by atoms with Crippen molar-refractivity contribution in [2.24, 2.45) is 11.8 Å². The summed E-state index contributed by atoms with van der Waals surface area (Å²) in [5, 5.41) is 0. The highest BCUT2D eigenvalue weighted by atomic mass is 16.5. The zero-order valence-electron chi connectivity index (χ0n) is 28.3. The fourth-order valence-electron chi connectivity index (χ4n) is 5.66. The molecular weight excluding hydrogens is 508 g/mol. The molecule has 0 aromatic heterocycles. The fourth-order valence-corrected chi connectivity index (χ4v) is 5.66. The van der Waals surface area contributed by atoms with E-state index < -0.39 is 0 Å². The first-order chi connectivity index (χ1) is 20.0. The molecule has 1 unspecified atom stereocenters. The largest absolute Gasteiger partial charge is 0.466 e. The second kappa shape index (κ2) is 31.9. The molecule has 0 aliphatic heterocycles. The number of hydrogen-bond acceptors (Lipinski definition) is 4. The fraction of sp³-hybridized carbons (Fsp3) is 0.946. The standard InChI is InChI=1S/C37H72O4/c1-5-7-9-11-22-26-32-40-36(38)29-25-21-19-17-15-13-14-16-18-20-24-28-35(34(3)4)30-31-37(39)41-33-27-23-12-10-8-6-2/h34-35H,5-33H2,1-4H3. The molecule has 4 nitrogen and oxygen atoms in total. The number of carbonyl (C=O) groups excluding carboxylic acids is 2. The smallest absolute Gasteiger partial charge is 0.305 e. The molecule has 0 amide bonds. The molecule has 1 atom stereocenters. The van der Waals surface area contributed by atoms with Crippen LogP contribution in [0.5, 0.6) is 0 Å². The predicted octanol–water partition coefficient (Wildman–Crippen LogP) is 11.9. The molecule has 0 N–H and O–H groups in total. The van der Waals surface area contributed by atoms with E-state index in [1.807, 2.05) is 0 Å². The summed E-state index contributed by atoms with van der Waals surface area (Å²) >= 11 is 0. The lowest BCUT2D eigenvalue weighted by molar-refractivity contribution is -0.145. The highest BCUT2D eigenvalue weighted by molar-refractivity contribution is 5.69. The minimum Gasteiger partial charge on any atom is -0.466 e. The molecule has 0 bridgehead atoms. The highest BCUT2D eigenvalue weighted by Crippen LogP contribution is 2.24. The average Bonchev–Trinajstić information content (AvgIpc) is 2.95. The van der Waals surface area contributed by atoms with Crippen molar-refractivity contribution in [3.8, 4) is 0 Å². The van der Waals surface area contributed by atoms with Crippen molar-refractivity contribution >= 4 is 11.9 Å². The van der Waals surface area contributed by atoms with Gasteiger partial charge in [-0.2, -0.15) is 0 Å². The normalized spacial score (nSPS) is 12.1. The quantitative estimate of drug-likeness (QED) is 0.0586. The van der Waals surface area contributed by atoms with Gasteiger partial charge < -0.3 is 9.47 Å². The zero-order chi connectivity index (χ0) is 30.2. The maximum atomic E-state index is 12.1. The van der Waals surface area contributed by atoms with Crippen LogP contribution in [0, 0.1) is 11.8 Å². The van der Waals surface area contributed by atoms with Gasteiger partial charge in [-0.15, -0.1) is 0 Å². The molecule has 0 rings (SSSR count). The van der Waals surface area contributed by atoms with Crippen molar-refractivity contribution in [3.63, 3.8) is 0 Å². The zero-order valence-corrected chi connectivity index (χ0v) is 28.3. The third-order valence-corrected chi connectivity index (χ3v) is 8.64. The van der Waals surface area contributed by atoms with Gasteiger partial charge >= 0.3 is 11.9 Å². The minimum absolute atomic E-state index is 0.000388. The Kier molecular flexibility index (Phi) is 31.0. The SMILES string of the molecule is CCCCCCCCOC(=O)CCCCCCCCCCCCCC(CCC(=O)OCCCCCCCC)C(C)C. The van der Waals surface area contributed by atoms with Crippen LogP contribution < -0.4 is 0 Å². The summed E-state index contributed by atoms with van der Waals surface area (Å²) in [5.41, 5.74) is 0. The van der Waals surface area contributed by atoms with Gasteiger partial charge in [0.05, 0.1) is 13.2 Å². The molecule has 0 saturated heterocycles. The molecule has 0 saturated carbocycles. The molecule has 41 heavy (non-hydrogen) atoms. The third kappa shape index (κ3) is 30.2. The lowest BCUT2D eigenvalue weighted by Crippen LogP contribution is -2.13. The maximum Gasteiger partial charge on any atom is 0.305 e. The summed E-state index contributed by atoms with van der Waals surface area (Å²) in [7, 11) is 0. The van der Waals surface area contributed by atoms with Crippen LogP contribution in [0.3, 0.4) is 0 Å². The monoisotopic (exact) mass is 581 g/mol. The molecule has 244 valence electrons. The van der Waals surface area contributed by atoms with Crippen LogP contribution in [0.4, 0.5) is 0 Å². The summed E-state index contributed by atoms with van der Waals surface area (Å²) < 4.78 is 10.8. The van der Waals surface area contributed by atoms with Gasteiger partial charge in [0.15, 0.2) is 0 Å². The molecule has 0 aliphatic rings. The Balaban J connectivity index is 3.51. The van der Waals surface area contributed by atoms with E-state index in [0.717, 1.165) is 32.1 Å². The number of ether oxygens (including phenoxy) is 2. The van der Waals surface area contributed by atoms with E-state index in [4.69, 9.17) is 9.47 Å². The Morgan fingerprint density at radius 3 is 1.24 bits per heavy atom. The molecule has 0 radical (unpaired) electrons. The third-order valence-electron chi connectivity index (χ3n) is 8.64. The van der Waals surface area contributed by atoms with Crippen LogP contribution >= 0.6 is 0 Å². The van der Waals surface area contributed by atoms with Crippen LogP contribution in [-0.4, -0.2) is 25.2 Å². The second-order valence-corrected chi connectivity index (χ2v) is 12.9. The number of carbonyl (C=O) groups is 2. The van der Waals surface area contributed by atoms with E-state index in [1.54, 1.807) is 0 Å². The van der Waals surface area contributed by atoms with E-state index in [-0.39, 0.29) is 11.9 Å². The average molecular weight is 581 g/mol. The van der Waals surface area contributed by atoms with Crippen molar-refractivity contribution in [2.75, 3.05) is 13.2 Å². The first-order valence-electron chi connectivity index (χ1n) is 18.3. The Labute approximate surface area is 256 Å². The lowest BCUT2D eigenvalue weighted by Gasteiger charge is -2.20. The van der Waals surface area contributed by atoms with Gasteiger partial charge in [-0.3, -0.25) is 9.59 Å². The second-order valence-electron chi connectivity index (χ2n) is 12.9. The van der Waals surface area contributed by atoms with Gasteiger partial charge in [0.2, 0.25) is 0 Å². The number of rotatable bonds is 32. The summed E-state index contributed by atoms with van der Waals surface area (Å²) in [5.74, 6) is 1.28. The number of unbranched alkanes of at least 4 members (excludes halogenated alkanes) is 20. The molecule has 4 heteroatoms. The Morgan fingerprint density at radius 1 is 0.439 bits per heavy atom. The number of hydrogen-bond donors (Lipinski definition) is 0. The van der Waals surface area contributed by atoms with Crippen LogP contribution in [0.15, 0.2) is 0 Å². The topological polar surface area (TPSA) is 52.6 Å². The van der Waals surface area contributed by atoms with Crippen molar-refractivity contribution < 1.29 is 19.1 Å². The maximum absolute atomic E-state index is 12.1. The predicted molar refractivity (Wildman–Crippen MR) is 176 cm³/mol. The van der Waals surface area contributed by atoms with Crippen LogP contribution in [0.25, 0.3) is 0 Å². The number of esters is 2. The van der Waals surface area contributed by atoms with Crippen LogP contribution in [0.2, 0.25) is 0 Å². The molecule has 0 aromatic carbocycles. The Hall–Kier alpha value is -1.06. The summed E-state index contributed by atoms with van der Waals surface area (Å²) in [4.78, 5) is 24.0. The molecular formula is C37H72O4. The highest BCUT2D eigenvalue weighted by Gasteiger charge is 2.15. The van der Waals surface area contributed by atoms with E-state index in [9.17, 15) is 9.59 Å².